The van der Waals surface area contributed by atoms with E-state index >= 15 is 0 Å². The van der Waals surface area contributed by atoms with Crippen LogP contribution in [0.5, 0.6) is 5.75 Å². The lowest BCUT2D eigenvalue weighted by Crippen LogP contribution is -2.14. The molecule has 1 atom stereocenters. The molecular formula is C21H23ClN4O2S. The molecule has 3 rings (SSSR count). The first-order chi connectivity index (χ1) is 13.8. The van der Waals surface area contributed by atoms with Crippen LogP contribution in [-0.4, -0.2) is 26.4 Å². The molecule has 1 amide bonds. The van der Waals surface area contributed by atoms with Crippen LogP contribution in [-0.2, 0) is 11.8 Å². The fraction of sp³-hybridized carbons (Fsp3) is 0.286. The molecule has 0 aliphatic heterocycles. The van der Waals surface area contributed by atoms with Gasteiger partial charge in [0.15, 0.2) is 17.1 Å². The van der Waals surface area contributed by atoms with Crippen molar-refractivity contribution in [3.8, 4) is 5.75 Å². The van der Waals surface area contributed by atoms with Gasteiger partial charge in [0.25, 0.3) is 0 Å². The number of anilines is 1. The summed E-state index contributed by atoms with van der Waals surface area (Å²) in [7, 11) is 1.87. The summed E-state index contributed by atoms with van der Waals surface area (Å²) in [5.74, 6) is 1.57. The Bertz CT molecular complexity index is 1000. The zero-order valence-electron chi connectivity index (χ0n) is 16.8. The molecule has 1 unspecified atom stereocenters. The van der Waals surface area contributed by atoms with Crippen molar-refractivity contribution in [1.82, 2.24) is 14.8 Å². The van der Waals surface area contributed by atoms with E-state index in [2.05, 4.69) is 21.6 Å². The molecule has 1 N–H and O–H groups in total. The SMILES string of the molecule is Cc1cc(C)cc(OC(C)c2nnc(SCC(=O)Nc3cccc(Cl)c3)n2C)c1. The van der Waals surface area contributed by atoms with Crippen molar-refractivity contribution in [3.05, 3.63) is 64.4 Å². The number of ether oxygens (including phenoxy) is 1. The average Bonchev–Trinajstić information content (AvgIpc) is 3.00. The number of amides is 1. The normalized spacial score (nSPS) is 11.9. The van der Waals surface area contributed by atoms with E-state index in [0.29, 0.717) is 21.7 Å². The molecule has 6 nitrogen and oxygen atoms in total. The van der Waals surface area contributed by atoms with Crippen LogP contribution in [0.3, 0.4) is 0 Å². The zero-order chi connectivity index (χ0) is 21.0. The number of benzene rings is 2. The van der Waals surface area contributed by atoms with Crippen molar-refractivity contribution < 1.29 is 9.53 Å². The van der Waals surface area contributed by atoms with Crippen LogP contribution in [0.25, 0.3) is 0 Å². The summed E-state index contributed by atoms with van der Waals surface area (Å²) >= 11 is 7.26. The molecule has 3 aromatic rings. The lowest BCUT2D eigenvalue weighted by atomic mass is 10.1. The first kappa shape index (κ1) is 21.2. The summed E-state index contributed by atoms with van der Waals surface area (Å²) in [6, 6.07) is 13.1. The number of halogens is 1. The molecule has 152 valence electrons. The second-order valence-electron chi connectivity index (χ2n) is 6.83. The van der Waals surface area contributed by atoms with Crippen LogP contribution in [0.2, 0.25) is 5.02 Å². The molecule has 1 heterocycles. The van der Waals surface area contributed by atoms with Crippen molar-refractivity contribution >= 4 is 35.0 Å². The Kier molecular flexibility index (Phi) is 6.82. The van der Waals surface area contributed by atoms with Crippen molar-refractivity contribution in [2.45, 2.75) is 32.0 Å². The van der Waals surface area contributed by atoms with Gasteiger partial charge in [-0.1, -0.05) is 35.5 Å². The van der Waals surface area contributed by atoms with E-state index in [9.17, 15) is 4.79 Å². The topological polar surface area (TPSA) is 69.0 Å². The highest BCUT2D eigenvalue weighted by Crippen LogP contribution is 2.25. The van der Waals surface area contributed by atoms with Crippen molar-refractivity contribution in [2.75, 3.05) is 11.1 Å². The van der Waals surface area contributed by atoms with Gasteiger partial charge in [-0.2, -0.15) is 0 Å². The predicted molar refractivity (Wildman–Crippen MR) is 117 cm³/mol. The average molecular weight is 431 g/mol. The van der Waals surface area contributed by atoms with Gasteiger partial charge in [-0.05, 0) is 62.2 Å². The third-order valence-electron chi connectivity index (χ3n) is 4.18. The lowest BCUT2D eigenvalue weighted by Gasteiger charge is -2.15. The monoisotopic (exact) mass is 430 g/mol. The fourth-order valence-electron chi connectivity index (χ4n) is 2.96. The molecule has 8 heteroatoms. The molecule has 0 saturated heterocycles. The first-order valence-corrected chi connectivity index (χ1v) is 10.5. The summed E-state index contributed by atoms with van der Waals surface area (Å²) < 4.78 is 7.90. The Morgan fingerprint density at radius 2 is 1.93 bits per heavy atom. The van der Waals surface area contributed by atoms with Gasteiger partial charge in [0.2, 0.25) is 5.91 Å². The molecule has 0 saturated carbocycles. The summed E-state index contributed by atoms with van der Waals surface area (Å²) in [4.78, 5) is 12.2. The van der Waals surface area contributed by atoms with E-state index in [1.165, 1.54) is 11.8 Å². The molecule has 0 aliphatic carbocycles. The number of carbonyl (C=O) groups is 1. The van der Waals surface area contributed by atoms with Crippen LogP contribution in [0, 0.1) is 13.8 Å². The van der Waals surface area contributed by atoms with Crippen LogP contribution in [0.1, 0.15) is 30.0 Å². The van der Waals surface area contributed by atoms with Gasteiger partial charge in [0.05, 0.1) is 5.75 Å². The Balaban J connectivity index is 1.60. The number of hydrogen-bond donors (Lipinski definition) is 1. The minimum Gasteiger partial charge on any atom is -0.483 e. The van der Waals surface area contributed by atoms with E-state index in [1.807, 2.05) is 44.5 Å². The number of thioether (sulfide) groups is 1. The highest BCUT2D eigenvalue weighted by molar-refractivity contribution is 7.99. The Morgan fingerprint density at radius 1 is 1.21 bits per heavy atom. The van der Waals surface area contributed by atoms with E-state index in [0.717, 1.165) is 16.9 Å². The Labute approximate surface area is 179 Å². The molecule has 0 fully saturated rings. The summed E-state index contributed by atoms with van der Waals surface area (Å²) in [6.07, 6.45) is -0.275. The van der Waals surface area contributed by atoms with Gasteiger partial charge < -0.3 is 14.6 Å². The number of aromatic nitrogens is 3. The molecular weight excluding hydrogens is 408 g/mol. The lowest BCUT2D eigenvalue weighted by molar-refractivity contribution is -0.113. The summed E-state index contributed by atoms with van der Waals surface area (Å²) in [6.45, 7) is 6.01. The van der Waals surface area contributed by atoms with Gasteiger partial charge >= 0.3 is 0 Å². The first-order valence-electron chi connectivity index (χ1n) is 9.14. The highest BCUT2D eigenvalue weighted by atomic mass is 35.5. The van der Waals surface area contributed by atoms with Gasteiger partial charge in [-0.25, -0.2) is 0 Å². The van der Waals surface area contributed by atoms with Crippen LogP contribution >= 0.6 is 23.4 Å². The third kappa shape index (κ3) is 5.74. The molecule has 0 bridgehead atoms. The maximum absolute atomic E-state index is 12.2. The predicted octanol–water partition coefficient (Wildman–Crippen LogP) is 4.96. The second-order valence-corrected chi connectivity index (χ2v) is 8.21. The third-order valence-corrected chi connectivity index (χ3v) is 5.44. The number of hydrogen-bond acceptors (Lipinski definition) is 5. The van der Waals surface area contributed by atoms with Crippen LogP contribution < -0.4 is 10.1 Å². The number of rotatable bonds is 7. The summed E-state index contributed by atoms with van der Waals surface area (Å²) in [5.41, 5.74) is 2.96. The van der Waals surface area contributed by atoms with Crippen LogP contribution in [0.4, 0.5) is 5.69 Å². The molecule has 29 heavy (non-hydrogen) atoms. The van der Waals surface area contributed by atoms with E-state index in [4.69, 9.17) is 16.3 Å². The van der Waals surface area contributed by atoms with Crippen molar-refractivity contribution in [1.29, 1.82) is 0 Å². The Hall–Kier alpha value is -2.51. The minimum atomic E-state index is -0.275. The standard InChI is InChI=1S/C21H23ClN4O2S/c1-13-8-14(2)10-18(9-13)28-15(3)20-24-25-21(26(20)4)29-12-19(27)23-17-7-5-6-16(22)11-17/h5-11,15H,12H2,1-4H3,(H,23,27). The largest absolute Gasteiger partial charge is 0.483 e. The van der Waals surface area contributed by atoms with Gasteiger partial charge in [0, 0.05) is 17.8 Å². The number of nitrogens with zero attached hydrogens (tertiary/aromatic N) is 3. The smallest absolute Gasteiger partial charge is 0.234 e. The second kappa shape index (κ2) is 9.33. The molecule has 0 aliphatic rings. The van der Waals surface area contributed by atoms with Gasteiger partial charge in [0.1, 0.15) is 5.75 Å². The maximum Gasteiger partial charge on any atom is 0.234 e. The van der Waals surface area contributed by atoms with E-state index in [1.54, 1.807) is 24.3 Å². The van der Waals surface area contributed by atoms with Crippen molar-refractivity contribution in [3.63, 3.8) is 0 Å². The quantitative estimate of drug-likeness (QED) is 0.536. The van der Waals surface area contributed by atoms with Gasteiger partial charge in [-0.15, -0.1) is 10.2 Å². The number of aryl methyl sites for hydroxylation is 2. The zero-order valence-corrected chi connectivity index (χ0v) is 18.3. The molecule has 1 aromatic heterocycles. The van der Waals surface area contributed by atoms with Crippen molar-refractivity contribution in [2.24, 2.45) is 7.05 Å². The highest BCUT2D eigenvalue weighted by Gasteiger charge is 2.18. The number of nitrogens with one attached hydrogen (secondary N) is 1. The maximum atomic E-state index is 12.2. The van der Waals surface area contributed by atoms with E-state index < -0.39 is 0 Å². The fourth-order valence-corrected chi connectivity index (χ4v) is 3.87. The molecule has 0 radical (unpaired) electrons. The molecule has 2 aromatic carbocycles. The number of carbonyl (C=O) groups excluding carboxylic acids is 1. The van der Waals surface area contributed by atoms with Crippen LogP contribution in [0.15, 0.2) is 47.6 Å². The van der Waals surface area contributed by atoms with Gasteiger partial charge in [-0.3, -0.25) is 4.79 Å². The Morgan fingerprint density at radius 3 is 2.62 bits per heavy atom. The van der Waals surface area contributed by atoms with E-state index in [-0.39, 0.29) is 17.8 Å². The summed E-state index contributed by atoms with van der Waals surface area (Å²) in [5, 5.41) is 12.5. The molecule has 0 spiro atoms. The minimum absolute atomic E-state index is 0.138.